The van der Waals surface area contributed by atoms with Gasteiger partial charge >= 0.3 is 0 Å². The lowest BCUT2D eigenvalue weighted by atomic mass is 9.74. The van der Waals surface area contributed by atoms with Crippen LogP contribution in [0.25, 0.3) is 0 Å². The molecule has 1 aromatic carbocycles. The number of Topliss-reactive ketones (excluding diaryl/α,β-unsaturated/α-hetero) is 1. The minimum atomic E-state index is -2.11. The molecule has 0 aliphatic carbocycles. The van der Waals surface area contributed by atoms with E-state index in [0.717, 1.165) is 12.0 Å². The lowest BCUT2D eigenvalue weighted by molar-refractivity contribution is -0.162. The lowest BCUT2D eigenvalue weighted by Gasteiger charge is -2.44. The number of carbonyl (C=O) groups excluding carboxylic acids is 1. The quantitative estimate of drug-likeness (QED) is 0.324. The lowest BCUT2D eigenvalue weighted by Crippen LogP contribution is -2.57. The van der Waals surface area contributed by atoms with Crippen molar-refractivity contribution in [2.45, 2.75) is 117 Å². The Bertz CT molecular complexity index is 859. The smallest absolute Gasteiger partial charge is 0.192 e. The summed E-state index contributed by atoms with van der Waals surface area (Å²) in [6.45, 7) is 29.3. The Hall–Kier alpha value is -0.796. The molecule has 200 valence electrons. The van der Waals surface area contributed by atoms with Crippen LogP contribution in [0.3, 0.4) is 0 Å². The van der Waals surface area contributed by atoms with Gasteiger partial charge in [0.25, 0.3) is 0 Å². The summed E-state index contributed by atoms with van der Waals surface area (Å²) in [5.41, 5.74) is -0.477. The normalized spacial score (nSPS) is 24.6. The number of hydrogen-bond acceptors (Lipinski definition) is 4. The Labute approximate surface area is 217 Å². The van der Waals surface area contributed by atoms with Crippen LogP contribution in [-0.4, -0.2) is 41.2 Å². The minimum absolute atomic E-state index is 0.0452. The van der Waals surface area contributed by atoms with Gasteiger partial charge < -0.3 is 13.6 Å². The maximum Gasteiger partial charge on any atom is 0.192 e. The van der Waals surface area contributed by atoms with Crippen molar-refractivity contribution in [3.63, 3.8) is 0 Å². The van der Waals surface area contributed by atoms with Gasteiger partial charge in [-0.05, 0) is 48.2 Å². The van der Waals surface area contributed by atoms with Gasteiger partial charge in [0.05, 0.1) is 12.7 Å². The van der Waals surface area contributed by atoms with Gasteiger partial charge in [0.1, 0.15) is 0 Å². The third kappa shape index (κ3) is 6.75. The highest BCUT2D eigenvalue weighted by Gasteiger charge is 2.58. The summed E-state index contributed by atoms with van der Waals surface area (Å²) < 4.78 is 20.4. The van der Waals surface area contributed by atoms with Crippen LogP contribution in [0, 0.1) is 11.3 Å². The third-order valence-electron chi connectivity index (χ3n) is 8.65. The van der Waals surface area contributed by atoms with Gasteiger partial charge in [0.2, 0.25) is 0 Å². The highest BCUT2D eigenvalue weighted by molar-refractivity contribution is 6.74. The molecule has 1 aromatic rings. The first-order valence-corrected chi connectivity index (χ1v) is 19.0. The molecule has 4 nitrogen and oxygen atoms in total. The highest BCUT2D eigenvalue weighted by atomic mass is 28.4. The fraction of sp³-hybridized carbons (Fsp3) is 0.759. The molecular weight excluding hydrogens is 468 g/mol. The monoisotopic (exact) mass is 520 g/mol. The molecular formula is C29H52O4Si2. The fourth-order valence-electron chi connectivity index (χ4n) is 4.04. The zero-order valence-electron chi connectivity index (χ0n) is 24.8. The standard InChI is InChI=1S/C29H52O4Si2/c1-26(2,3)25(30)29(21-32-35(12,13)28(7,8)9)23(20-31-34(10,11)27(4,5)6)19-24(33-29)22-17-15-14-16-18-22/h14-18,23-24H,19-21H2,1-13H3/t23-,24-,29-/m0/s1. The Morgan fingerprint density at radius 3 is 1.83 bits per heavy atom. The molecule has 3 atom stereocenters. The zero-order chi connectivity index (χ0) is 27.1. The van der Waals surface area contributed by atoms with Crippen molar-refractivity contribution in [1.82, 2.24) is 0 Å². The predicted molar refractivity (Wildman–Crippen MR) is 152 cm³/mol. The van der Waals surface area contributed by atoms with Gasteiger partial charge in [-0.25, -0.2) is 0 Å². The van der Waals surface area contributed by atoms with Crippen LogP contribution < -0.4 is 0 Å². The van der Waals surface area contributed by atoms with E-state index in [1.807, 2.05) is 39.0 Å². The molecule has 0 saturated carbocycles. The second-order valence-corrected chi connectivity index (χ2v) is 24.2. The van der Waals surface area contributed by atoms with Gasteiger partial charge in [-0.15, -0.1) is 0 Å². The molecule has 35 heavy (non-hydrogen) atoms. The summed E-state index contributed by atoms with van der Waals surface area (Å²) >= 11 is 0. The average Bonchev–Trinajstić information content (AvgIpc) is 3.08. The van der Waals surface area contributed by atoms with Crippen LogP contribution in [0.2, 0.25) is 36.3 Å². The van der Waals surface area contributed by atoms with E-state index in [1.165, 1.54) is 0 Å². The van der Waals surface area contributed by atoms with Crippen LogP contribution in [0.1, 0.15) is 80.4 Å². The molecule has 0 radical (unpaired) electrons. The van der Waals surface area contributed by atoms with E-state index in [1.54, 1.807) is 0 Å². The van der Waals surface area contributed by atoms with Crippen LogP contribution in [0.15, 0.2) is 30.3 Å². The van der Waals surface area contributed by atoms with E-state index in [9.17, 15) is 4.79 Å². The van der Waals surface area contributed by atoms with E-state index in [-0.39, 0.29) is 34.5 Å². The summed E-state index contributed by atoms with van der Waals surface area (Å²) in [5.74, 6) is 0.0456. The van der Waals surface area contributed by atoms with Crippen molar-refractivity contribution in [2.75, 3.05) is 13.2 Å². The van der Waals surface area contributed by atoms with Gasteiger partial charge in [-0.2, -0.15) is 0 Å². The SMILES string of the molecule is CC(C)(C)C(=O)[C@@]1(CO[Si](C)(C)C(C)(C)C)O[C@H](c2ccccc2)C[C@H]1CO[Si](C)(C)C(C)(C)C. The number of hydrogen-bond donors (Lipinski definition) is 0. The van der Waals surface area contributed by atoms with E-state index in [2.05, 4.69) is 79.9 Å². The van der Waals surface area contributed by atoms with Crippen molar-refractivity contribution in [2.24, 2.45) is 11.3 Å². The first-order valence-electron chi connectivity index (χ1n) is 13.2. The Morgan fingerprint density at radius 1 is 0.886 bits per heavy atom. The summed E-state index contributed by atoms with van der Waals surface area (Å²) in [4.78, 5) is 14.2. The summed E-state index contributed by atoms with van der Waals surface area (Å²) in [6.07, 6.45) is 0.597. The number of rotatable bonds is 8. The minimum Gasteiger partial charge on any atom is -0.416 e. The molecule has 0 aromatic heterocycles. The highest BCUT2D eigenvalue weighted by Crippen LogP contribution is 2.49. The molecule has 0 unspecified atom stereocenters. The molecule has 1 aliphatic heterocycles. The molecule has 1 saturated heterocycles. The van der Waals surface area contributed by atoms with Crippen molar-refractivity contribution >= 4 is 22.4 Å². The number of ketones is 1. The number of ether oxygens (including phenoxy) is 1. The van der Waals surface area contributed by atoms with Gasteiger partial charge in [0, 0.05) is 17.9 Å². The molecule has 2 rings (SSSR count). The molecule has 0 amide bonds. The average molecular weight is 521 g/mol. The summed E-state index contributed by atoms with van der Waals surface area (Å²) in [7, 11) is -4.11. The molecule has 0 spiro atoms. The van der Waals surface area contributed by atoms with Gasteiger partial charge in [0.15, 0.2) is 28.0 Å². The van der Waals surface area contributed by atoms with Crippen molar-refractivity contribution in [1.29, 1.82) is 0 Å². The summed E-state index contributed by atoms with van der Waals surface area (Å²) in [5, 5.41) is 0.142. The summed E-state index contributed by atoms with van der Waals surface area (Å²) in [6, 6.07) is 10.3. The molecule has 1 heterocycles. The Kier molecular flexibility index (Phi) is 8.84. The second kappa shape index (κ2) is 10.2. The van der Waals surface area contributed by atoms with Gasteiger partial charge in [-0.3, -0.25) is 4.79 Å². The van der Waals surface area contributed by atoms with Crippen molar-refractivity contribution in [3.05, 3.63) is 35.9 Å². The second-order valence-electron chi connectivity index (χ2n) is 14.5. The molecule has 0 bridgehead atoms. The molecule has 1 aliphatic rings. The predicted octanol–water partition coefficient (Wildman–Crippen LogP) is 8.16. The maximum absolute atomic E-state index is 14.2. The van der Waals surface area contributed by atoms with E-state index in [4.69, 9.17) is 13.6 Å². The number of benzene rings is 1. The first-order chi connectivity index (χ1) is 15.6. The van der Waals surface area contributed by atoms with Crippen molar-refractivity contribution < 1.29 is 18.4 Å². The largest absolute Gasteiger partial charge is 0.416 e. The van der Waals surface area contributed by atoms with Crippen LogP contribution in [0.5, 0.6) is 0 Å². The van der Waals surface area contributed by atoms with E-state index < -0.39 is 27.7 Å². The number of carbonyl (C=O) groups is 1. The van der Waals surface area contributed by atoms with Gasteiger partial charge in [-0.1, -0.05) is 92.6 Å². The maximum atomic E-state index is 14.2. The topological polar surface area (TPSA) is 44.8 Å². The molecule has 6 heteroatoms. The fourth-order valence-corrected chi connectivity index (χ4v) is 6.10. The van der Waals surface area contributed by atoms with Crippen molar-refractivity contribution in [3.8, 4) is 0 Å². The van der Waals surface area contributed by atoms with E-state index >= 15 is 0 Å². The first kappa shape index (κ1) is 30.4. The van der Waals surface area contributed by atoms with Crippen LogP contribution in [-0.2, 0) is 18.4 Å². The molecule has 1 fully saturated rings. The van der Waals surface area contributed by atoms with E-state index in [0.29, 0.717) is 6.61 Å². The zero-order valence-corrected chi connectivity index (χ0v) is 26.8. The molecule has 0 N–H and O–H groups in total. The third-order valence-corrected chi connectivity index (χ3v) is 17.6. The van der Waals surface area contributed by atoms with Crippen LogP contribution in [0.4, 0.5) is 0 Å². The Morgan fingerprint density at radius 2 is 1.37 bits per heavy atom. The van der Waals surface area contributed by atoms with Crippen LogP contribution >= 0.6 is 0 Å². The Balaban J connectivity index is 2.53.